The minimum atomic E-state index is -1.00. The van der Waals surface area contributed by atoms with E-state index in [1.165, 1.54) is 77.0 Å². The maximum Gasteiger partial charge on any atom is 0.323 e. The molecule has 6 heteroatoms. The zero-order valence-electron chi connectivity index (χ0n) is 22.2. The summed E-state index contributed by atoms with van der Waals surface area (Å²) < 4.78 is 5.38. The van der Waals surface area contributed by atoms with Crippen LogP contribution in [0.25, 0.3) is 0 Å². The lowest BCUT2D eigenvalue weighted by Gasteiger charge is -2.19. The minimum Gasteiger partial charge on any atom is -0.481 e. The highest BCUT2D eigenvalue weighted by molar-refractivity contribution is 5.86. The predicted octanol–water partition coefficient (Wildman–Crippen LogP) is 7.11. The number of ether oxygens (including phenoxy) is 1. The van der Waals surface area contributed by atoms with Gasteiger partial charge in [0.25, 0.3) is 0 Å². The van der Waals surface area contributed by atoms with E-state index in [0.717, 1.165) is 32.1 Å². The van der Waals surface area contributed by atoms with Crippen LogP contribution in [0.15, 0.2) is 0 Å². The molecule has 0 spiro atoms. The lowest BCUT2D eigenvalue weighted by molar-refractivity contribution is -0.157. The number of rotatable bonds is 25. The summed E-state index contributed by atoms with van der Waals surface area (Å²) in [4.78, 5) is 35.4. The van der Waals surface area contributed by atoms with Gasteiger partial charge in [-0.25, -0.2) is 0 Å². The second-order valence-corrected chi connectivity index (χ2v) is 9.77. The molecule has 3 N–H and O–H groups in total. The number of carboxylic acid groups (broad SMARTS) is 1. The summed E-state index contributed by atoms with van der Waals surface area (Å²) in [6, 6.07) is -1.00. The van der Waals surface area contributed by atoms with E-state index in [4.69, 9.17) is 15.6 Å². The van der Waals surface area contributed by atoms with E-state index in [0.29, 0.717) is 12.8 Å². The molecule has 6 nitrogen and oxygen atoms in total. The van der Waals surface area contributed by atoms with Gasteiger partial charge in [0.1, 0.15) is 6.04 Å². The molecule has 0 aromatic heterocycles. The number of ketones is 1. The quantitative estimate of drug-likeness (QED) is 0.106. The van der Waals surface area contributed by atoms with Crippen LogP contribution in [0.1, 0.15) is 149 Å². The average molecular weight is 484 g/mol. The molecule has 2 unspecified atom stereocenters. The lowest BCUT2D eigenvalue weighted by Crippen LogP contribution is -2.38. The van der Waals surface area contributed by atoms with Crippen molar-refractivity contribution in [3.63, 3.8) is 0 Å². The van der Waals surface area contributed by atoms with Crippen LogP contribution in [0, 0.1) is 0 Å². The maximum absolute atomic E-state index is 12.6. The molecule has 0 saturated heterocycles. The fraction of sp³-hybridized carbons (Fsp3) is 0.893. The molecule has 0 aromatic rings. The van der Waals surface area contributed by atoms with Crippen molar-refractivity contribution in [2.75, 3.05) is 0 Å². The largest absolute Gasteiger partial charge is 0.481 e. The second kappa shape index (κ2) is 23.3. The van der Waals surface area contributed by atoms with Gasteiger partial charge in [-0.15, -0.1) is 0 Å². The zero-order chi connectivity index (χ0) is 25.4. The highest BCUT2D eigenvalue weighted by Crippen LogP contribution is 2.16. The first-order valence-electron chi connectivity index (χ1n) is 14.1. The van der Waals surface area contributed by atoms with E-state index >= 15 is 0 Å². The standard InChI is InChI=1S/C28H53NO5/c1-3-5-7-8-9-10-11-12-13-14-15-16-17-18-19-20-25(30)26(21-6-4-2)34-28(33)24(29)22-23-27(31)32/h24,26H,3-23,29H2,1-2H3,(H,31,32). The van der Waals surface area contributed by atoms with Gasteiger partial charge in [-0.3, -0.25) is 14.4 Å². The molecule has 0 radical (unpaired) electrons. The van der Waals surface area contributed by atoms with E-state index in [-0.39, 0.29) is 18.6 Å². The Morgan fingerprint density at radius 2 is 1.09 bits per heavy atom. The fourth-order valence-electron chi connectivity index (χ4n) is 4.13. The van der Waals surface area contributed by atoms with E-state index in [9.17, 15) is 14.4 Å². The Morgan fingerprint density at radius 3 is 1.53 bits per heavy atom. The van der Waals surface area contributed by atoms with Gasteiger partial charge in [0.15, 0.2) is 11.9 Å². The van der Waals surface area contributed by atoms with Crippen molar-refractivity contribution < 1.29 is 24.2 Å². The summed E-state index contributed by atoms with van der Waals surface area (Å²) in [6.07, 6.45) is 20.9. The summed E-state index contributed by atoms with van der Waals surface area (Å²) >= 11 is 0. The van der Waals surface area contributed by atoms with Crippen LogP contribution in [0.2, 0.25) is 0 Å². The van der Waals surface area contributed by atoms with E-state index < -0.39 is 24.1 Å². The Hall–Kier alpha value is -1.43. The minimum absolute atomic E-state index is 0.0158. The normalized spacial score (nSPS) is 12.9. The van der Waals surface area contributed by atoms with Crippen LogP contribution in [0.3, 0.4) is 0 Å². The Balaban J connectivity index is 3.86. The molecule has 200 valence electrons. The average Bonchev–Trinajstić information content (AvgIpc) is 2.82. The van der Waals surface area contributed by atoms with Crippen LogP contribution in [0.5, 0.6) is 0 Å². The number of hydrogen-bond donors (Lipinski definition) is 2. The molecule has 2 atom stereocenters. The maximum atomic E-state index is 12.6. The first kappa shape index (κ1) is 32.6. The van der Waals surface area contributed by atoms with Crippen LogP contribution in [0.4, 0.5) is 0 Å². The number of carboxylic acids is 1. The highest BCUT2D eigenvalue weighted by Gasteiger charge is 2.25. The lowest BCUT2D eigenvalue weighted by atomic mass is 10.0. The smallest absolute Gasteiger partial charge is 0.323 e. The molecule has 0 aliphatic carbocycles. The van der Waals surface area contributed by atoms with Gasteiger partial charge in [0.2, 0.25) is 0 Å². The van der Waals surface area contributed by atoms with Crippen LogP contribution >= 0.6 is 0 Å². The van der Waals surface area contributed by atoms with Gasteiger partial charge in [0.05, 0.1) is 0 Å². The third kappa shape index (κ3) is 20.0. The summed E-state index contributed by atoms with van der Waals surface area (Å²) in [5, 5.41) is 8.73. The molecule has 0 fully saturated rings. The molecule has 0 aromatic carbocycles. The van der Waals surface area contributed by atoms with Crippen molar-refractivity contribution in [1.82, 2.24) is 0 Å². The SMILES string of the molecule is CCCCCCCCCCCCCCCCCC(=O)C(CCCC)OC(=O)C(N)CCC(=O)O. The van der Waals surface area contributed by atoms with Gasteiger partial charge in [-0.05, 0) is 25.7 Å². The monoisotopic (exact) mass is 483 g/mol. The van der Waals surface area contributed by atoms with Crippen molar-refractivity contribution in [2.24, 2.45) is 5.73 Å². The van der Waals surface area contributed by atoms with Gasteiger partial charge in [0, 0.05) is 12.8 Å². The van der Waals surface area contributed by atoms with E-state index in [1.54, 1.807) is 0 Å². The van der Waals surface area contributed by atoms with E-state index in [1.807, 2.05) is 6.92 Å². The molecule has 0 saturated carbocycles. The molecule has 0 amide bonds. The molecular weight excluding hydrogens is 430 g/mol. The number of carbonyl (C=O) groups is 3. The summed E-state index contributed by atoms with van der Waals surface area (Å²) in [6.45, 7) is 4.28. The van der Waals surface area contributed by atoms with Crippen molar-refractivity contribution >= 4 is 17.7 Å². The van der Waals surface area contributed by atoms with Crippen molar-refractivity contribution in [3.05, 3.63) is 0 Å². The molecule has 34 heavy (non-hydrogen) atoms. The number of esters is 1. The number of unbranched alkanes of at least 4 members (excludes halogenated alkanes) is 15. The van der Waals surface area contributed by atoms with Crippen molar-refractivity contribution in [1.29, 1.82) is 0 Å². The Labute approximate surface area is 208 Å². The highest BCUT2D eigenvalue weighted by atomic mass is 16.5. The topological polar surface area (TPSA) is 107 Å². The van der Waals surface area contributed by atoms with Gasteiger partial charge < -0.3 is 15.6 Å². The first-order valence-corrected chi connectivity index (χ1v) is 14.1. The summed E-state index contributed by atoms with van der Waals surface area (Å²) in [7, 11) is 0. The van der Waals surface area contributed by atoms with Crippen molar-refractivity contribution in [3.8, 4) is 0 Å². The fourth-order valence-corrected chi connectivity index (χ4v) is 4.13. The summed E-state index contributed by atoms with van der Waals surface area (Å²) in [5.74, 6) is -1.72. The van der Waals surface area contributed by atoms with Crippen LogP contribution in [-0.4, -0.2) is 35.0 Å². The predicted molar refractivity (Wildman–Crippen MR) is 139 cm³/mol. The Morgan fingerprint density at radius 1 is 0.647 bits per heavy atom. The molecule has 0 rings (SSSR count). The second-order valence-electron chi connectivity index (χ2n) is 9.77. The van der Waals surface area contributed by atoms with Gasteiger partial charge in [-0.1, -0.05) is 110 Å². The van der Waals surface area contributed by atoms with Crippen LogP contribution in [-0.2, 0) is 19.1 Å². The number of aliphatic carboxylic acids is 1. The molecule has 0 aliphatic rings. The first-order chi connectivity index (χ1) is 16.4. The number of Topliss-reactive ketones (excluding diaryl/α,β-unsaturated/α-hetero) is 1. The number of nitrogens with two attached hydrogens (primary N) is 1. The number of carbonyl (C=O) groups excluding carboxylic acids is 2. The molecule has 0 heterocycles. The molecule has 0 bridgehead atoms. The third-order valence-corrected chi connectivity index (χ3v) is 6.44. The molecular formula is C28H53NO5. The third-order valence-electron chi connectivity index (χ3n) is 6.44. The molecule has 0 aliphatic heterocycles. The van der Waals surface area contributed by atoms with E-state index in [2.05, 4.69) is 6.92 Å². The Kier molecular flexibility index (Phi) is 22.3. The van der Waals surface area contributed by atoms with Crippen molar-refractivity contribution in [2.45, 2.75) is 161 Å². The Bertz CT molecular complexity index is 523. The van der Waals surface area contributed by atoms with Crippen LogP contribution < -0.4 is 5.73 Å². The summed E-state index contributed by atoms with van der Waals surface area (Å²) in [5.41, 5.74) is 5.73. The van der Waals surface area contributed by atoms with Gasteiger partial charge in [-0.2, -0.15) is 0 Å². The number of hydrogen-bond acceptors (Lipinski definition) is 5. The van der Waals surface area contributed by atoms with Gasteiger partial charge >= 0.3 is 11.9 Å². The zero-order valence-corrected chi connectivity index (χ0v) is 22.2.